The molecular weight excluding hydrogens is 365 g/mol. The van der Waals surface area contributed by atoms with Gasteiger partial charge in [-0.2, -0.15) is 0 Å². The molecule has 0 heterocycles. The fraction of sp³-hybridized carbons (Fsp3) is 0.0625. The highest BCUT2D eigenvalue weighted by molar-refractivity contribution is 14.1. The second kappa shape index (κ2) is 7.09. The van der Waals surface area contributed by atoms with E-state index in [-0.39, 0.29) is 5.91 Å². The third-order valence-corrected chi connectivity index (χ3v) is 3.24. The Bertz CT molecular complexity index is 608. The van der Waals surface area contributed by atoms with E-state index in [4.69, 9.17) is 4.74 Å². The Morgan fingerprint density at radius 3 is 2.65 bits per heavy atom. The number of ether oxygens (including phenoxy) is 1. The maximum Gasteiger partial charge on any atom is 0.255 e. The molecule has 0 bridgehead atoms. The van der Waals surface area contributed by atoms with Crippen molar-refractivity contribution < 1.29 is 9.53 Å². The lowest BCUT2D eigenvalue weighted by Crippen LogP contribution is -2.11. The molecule has 0 atom stereocenters. The highest BCUT2D eigenvalue weighted by Crippen LogP contribution is 2.17. The topological polar surface area (TPSA) is 38.3 Å². The van der Waals surface area contributed by atoms with Gasteiger partial charge in [-0.05, 0) is 65.1 Å². The fourth-order valence-electron chi connectivity index (χ4n) is 1.62. The summed E-state index contributed by atoms with van der Waals surface area (Å²) >= 11 is 2.18. The number of amides is 1. The molecule has 20 heavy (non-hydrogen) atoms. The molecule has 0 spiro atoms. The standard InChI is InChI=1S/C16H14INO2/c1-2-10-20-15-8-6-14(7-9-15)18-16(19)12-4-3-5-13(17)11-12/h2-9,11H,1,10H2,(H,18,19). The van der Waals surface area contributed by atoms with E-state index in [2.05, 4.69) is 34.5 Å². The van der Waals surface area contributed by atoms with Crippen LogP contribution >= 0.6 is 22.6 Å². The average Bonchev–Trinajstić information content (AvgIpc) is 2.46. The second-order valence-electron chi connectivity index (χ2n) is 4.09. The maximum atomic E-state index is 12.1. The molecule has 0 aliphatic rings. The summed E-state index contributed by atoms with van der Waals surface area (Å²) in [6.45, 7) is 4.06. The molecule has 0 aliphatic carbocycles. The van der Waals surface area contributed by atoms with Crippen LogP contribution in [-0.4, -0.2) is 12.5 Å². The summed E-state index contributed by atoms with van der Waals surface area (Å²) < 4.78 is 6.41. The van der Waals surface area contributed by atoms with Crippen molar-refractivity contribution >= 4 is 34.2 Å². The van der Waals surface area contributed by atoms with Crippen molar-refractivity contribution in [1.82, 2.24) is 0 Å². The molecule has 2 aromatic carbocycles. The van der Waals surface area contributed by atoms with Gasteiger partial charge in [0, 0.05) is 14.8 Å². The number of anilines is 1. The van der Waals surface area contributed by atoms with Crippen LogP contribution < -0.4 is 10.1 Å². The normalized spacial score (nSPS) is 9.85. The molecule has 1 N–H and O–H groups in total. The number of carbonyl (C=O) groups excluding carboxylic acids is 1. The molecule has 4 heteroatoms. The van der Waals surface area contributed by atoms with Gasteiger partial charge in [0.05, 0.1) is 0 Å². The van der Waals surface area contributed by atoms with Crippen molar-refractivity contribution in [1.29, 1.82) is 0 Å². The summed E-state index contributed by atoms with van der Waals surface area (Å²) in [4.78, 5) is 12.1. The van der Waals surface area contributed by atoms with E-state index in [0.29, 0.717) is 12.2 Å². The van der Waals surface area contributed by atoms with Gasteiger partial charge in [-0.25, -0.2) is 0 Å². The van der Waals surface area contributed by atoms with E-state index >= 15 is 0 Å². The van der Waals surface area contributed by atoms with Gasteiger partial charge in [-0.1, -0.05) is 18.7 Å². The lowest BCUT2D eigenvalue weighted by Gasteiger charge is -2.07. The molecule has 0 saturated heterocycles. The van der Waals surface area contributed by atoms with Crippen LogP contribution in [0.4, 0.5) is 5.69 Å². The molecule has 3 nitrogen and oxygen atoms in total. The van der Waals surface area contributed by atoms with Gasteiger partial charge < -0.3 is 10.1 Å². The van der Waals surface area contributed by atoms with E-state index in [9.17, 15) is 4.79 Å². The molecule has 0 radical (unpaired) electrons. The van der Waals surface area contributed by atoms with Crippen molar-refractivity contribution in [2.45, 2.75) is 0 Å². The summed E-state index contributed by atoms with van der Waals surface area (Å²) in [5.74, 6) is 0.625. The van der Waals surface area contributed by atoms with E-state index < -0.39 is 0 Å². The zero-order valence-corrected chi connectivity index (χ0v) is 13.0. The highest BCUT2D eigenvalue weighted by atomic mass is 127. The monoisotopic (exact) mass is 379 g/mol. The number of nitrogens with one attached hydrogen (secondary N) is 1. The van der Waals surface area contributed by atoms with Crippen LogP contribution in [-0.2, 0) is 0 Å². The Balaban J connectivity index is 2.02. The van der Waals surface area contributed by atoms with Crippen molar-refractivity contribution in [3.05, 3.63) is 70.3 Å². The van der Waals surface area contributed by atoms with Crippen molar-refractivity contribution in [2.75, 3.05) is 11.9 Å². The molecule has 0 saturated carbocycles. The van der Waals surface area contributed by atoms with Crippen molar-refractivity contribution in [2.24, 2.45) is 0 Å². The number of hydrogen-bond donors (Lipinski definition) is 1. The minimum atomic E-state index is -0.122. The summed E-state index contributed by atoms with van der Waals surface area (Å²) in [6, 6.07) is 14.7. The van der Waals surface area contributed by atoms with E-state index in [0.717, 1.165) is 15.0 Å². The second-order valence-corrected chi connectivity index (χ2v) is 5.33. The van der Waals surface area contributed by atoms with Crippen LogP contribution in [0.25, 0.3) is 0 Å². The molecule has 0 unspecified atom stereocenters. The molecular formula is C16H14INO2. The molecule has 0 aromatic heterocycles. The number of carbonyl (C=O) groups is 1. The first-order chi connectivity index (χ1) is 9.69. The van der Waals surface area contributed by atoms with Gasteiger partial charge in [-0.15, -0.1) is 0 Å². The van der Waals surface area contributed by atoms with Crippen LogP contribution in [0.15, 0.2) is 61.2 Å². The number of rotatable bonds is 5. The van der Waals surface area contributed by atoms with Crippen molar-refractivity contribution in [3.8, 4) is 5.75 Å². The fourth-order valence-corrected chi connectivity index (χ4v) is 2.17. The zero-order chi connectivity index (χ0) is 14.4. The largest absolute Gasteiger partial charge is 0.490 e. The molecule has 2 aromatic rings. The summed E-state index contributed by atoms with van der Waals surface area (Å²) in [5.41, 5.74) is 1.38. The minimum absolute atomic E-state index is 0.122. The molecule has 0 fully saturated rings. The predicted octanol–water partition coefficient (Wildman–Crippen LogP) is 4.11. The Morgan fingerprint density at radius 1 is 1.25 bits per heavy atom. The third kappa shape index (κ3) is 4.09. The van der Waals surface area contributed by atoms with E-state index in [1.54, 1.807) is 12.1 Å². The van der Waals surface area contributed by atoms with E-state index in [1.165, 1.54) is 0 Å². The van der Waals surface area contributed by atoms with Crippen LogP contribution in [0.2, 0.25) is 0 Å². The zero-order valence-electron chi connectivity index (χ0n) is 10.8. The van der Waals surface area contributed by atoms with Gasteiger partial charge in [0.15, 0.2) is 0 Å². The summed E-state index contributed by atoms with van der Waals surface area (Å²) in [6.07, 6.45) is 1.69. The molecule has 102 valence electrons. The molecule has 2 rings (SSSR count). The Kier molecular flexibility index (Phi) is 5.17. The highest BCUT2D eigenvalue weighted by Gasteiger charge is 2.06. The SMILES string of the molecule is C=CCOc1ccc(NC(=O)c2cccc(I)c2)cc1. The lowest BCUT2D eigenvalue weighted by molar-refractivity contribution is 0.102. The van der Waals surface area contributed by atoms with Gasteiger partial charge >= 0.3 is 0 Å². The Hall–Kier alpha value is -1.82. The van der Waals surface area contributed by atoms with Gasteiger partial charge in [0.2, 0.25) is 0 Å². The van der Waals surface area contributed by atoms with Crippen LogP contribution in [0.3, 0.4) is 0 Å². The Morgan fingerprint density at radius 2 is 2.00 bits per heavy atom. The Labute approximate surface area is 131 Å². The van der Waals surface area contributed by atoms with Crippen LogP contribution in [0.1, 0.15) is 10.4 Å². The molecule has 1 amide bonds. The minimum Gasteiger partial charge on any atom is -0.490 e. The van der Waals surface area contributed by atoms with Crippen LogP contribution in [0.5, 0.6) is 5.75 Å². The lowest BCUT2D eigenvalue weighted by atomic mass is 10.2. The average molecular weight is 379 g/mol. The van der Waals surface area contributed by atoms with E-state index in [1.807, 2.05) is 42.5 Å². The smallest absolute Gasteiger partial charge is 0.255 e. The summed E-state index contributed by atoms with van der Waals surface area (Å²) in [7, 11) is 0. The quantitative estimate of drug-likeness (QED) is 0.627. The predicted molar refractivity (Wildman–Crippen MR) is 89.2 cm³/mol. The first-order valence-corrected chi connectivity index (χ1v) is 7.17. The number of halogens is 1. The maximum absolute atomic E-state index is 12.1. The van der Waals surface area contributed by atoms with Gasteiger partial charge in [-0.3, -0.25) is 4.79 Å². The first kappa shape index (κ1) is 14.6. The molecule has 0 aliphatic heterocycles. The van der Waals surface area contributed by atoms with Gasteiger partial charge in [0.1, 0.15) is 12.4 Å². The first-order valence-electron chi connectivity index (χ1n) is 6.10. The van der Waals surface area contributed by atoms with Crippen LogP contribution in [0, 0.1) is 3.57 Å². The summed E-state index contributed by atoms with van der Waals surface area (Å²) in [5, 5.41) is 2.85. The van der Waals surface area contributed by atoms with Crippen molar-refractivity contribution in [3.63, 3.8) is 0 Å². The number of hydrogen-bond acceptors (Lipinski definition) is 2. The van der Waals surface area contributed by atoms with Gasteiger partial charge in [0.25, 0.3) is 5.91 Å². The number of benzene rings is 2. The third-order valence-electron chi connectivity index (χ3n) is 2.57.